The monoisotopic (exact) mass is 265 g/mol. The maximum absolute atomic E-state index is 6.03. The van der Waals surface area contributed by atoms with Crippen molar-refractivity contribution in [1.29, 1.82) is 0 Å². The molecule has 0 fully saturated rings. The van der Waals surface area contributed by atoms with Gasteiger partial charge in [-0.15, -0.1) is 11.6 Å². The van der Waals surface area contributed by atoms with Crippen molar-refractivity contribution < 1.29 is 0 Å². The first-order valence-corrected chi connectivity index (χ1v) is 6.78. The maximum Gasteiger partial charge on any atom is 0.160 e. The number of fused-ring (bicyclic) bond motifs is 1. The Morgan fingerprint density at radius 1 is 1.28 bits per heavy atom. The van der Waals surface area contributed by atoms with Crippen molar-refractivity contribution in [2.75, 3.05) is 0 Å². The molecule has 0 saturated heterocycles. The first kappa shape index (κ1) is 13.3. The number of pyridine rings is 1. The molecule has 2 heterocycles. The SMILES string of the molecule is Cc1ccc2nc(CCl)n(C(C)C(C)(C)C)c2n1. The largest absolute Gasteiger partial charge is 0.308 e. The predicted molar refractivity (Wildman–Crippen MR) is 76.0 cm³/mol. The average Bonchev–Trinajstić information content (AvgIpc) is 2.64. The Kier molecular flexibility index (Phi) is 3.37. The first-order valence-electron chi connectivity index (χ1n) is 6.25. The molecule has 0 aliphatic heterocycles. The van der Waals surface area contributed by atoms with Gasteiger partial charge in [0.15, 0.2) is 5.65 Å². The van der Waals surface area contributed by atoms with E-state index in [1.54, 1.807) is 0 Å². The highest BCUT2D eigenvalue weighted by molar-refractivity contribution is 6.16. The average molecular weight is 266 g/mol. The highest BCUT2D eigenvalue weighted by Crippen LogP contribution is 2.33. The van der Waals surface area contributed by atoms with E-state index < -0.39 is 0 Å². The molecule has 0 spiro atoms. The summed E-state index contributed by atoms with van der Waals surface area (Å²) in [5.74, 6) is 1.31. The van der Waals surface area contributed by atoms with E-state index in [1.807, 2.05) is 19.1 Å². The minimum absolute atomic E-state index is 0.139. The van der Waals surface area contributed by atoms with Crippen molar-refractivity contribution in [3.05, 3.63) is 23.7 Å². The van der Waals surface area contributed by atoms with Gasteiger partial charge in [0.1, 0.15) is 11.3 Å². The summed E-state index contributed by atoms with van der Waals surface area (Å²) in [4.78, 5) is 9.20. The van der Waals surface area contributed by atoms with E-state index >= 15 is 0 Å². The molecule has 0 bridgehead atoms. The summed E-state index contributed by atoms with van der Waals surface area (Å²) >= 11 is 6.03. The normalized spacial score (nSPS) is 14.1. The van der Waals surface area contributed by atoms with Crippen molar-refractivity contribution in [3.63, 3.8) is 0 Å². The quantitative estimate of drug-likeness (QED) is 0.766. The number of alkyl halides is 1. The van der Waals surface area contributed by atoms with Crippen molar-refractivity contribution in [3.8, 4) is 0 Å². The van der Waals surface area contributed by atoms with E-state index in [1.165, 1.54) is 0 Å². The van der Waals surface area contributed by atoms with Crippen LogP contribution in [0, 0.1) is 12.3 Å². The molecule has 18 heavy (non-hydrogen) atoms. The first-order chi connectivity index (χ1) is 8.34. The Bertz CT molecular complexity index is 566. The Balaban J connectivity index is 2.70. The van der Waals surface area contributed by atoms with Crippen LogP contribution >= 0.6 is 11.6 Å². The Hall–Kier alpha value is -1.09. The van der Waals surface area contributed by atoms with Gasteiger partial charge in [-0.2, -0.15) is 0 Å². The standard InChI is InChI=1S/C14H20ClN3/c1-9-6-7-11-13(16-9)18(12(8-15)17-11)10(2)14(3,4)5/h6-7,10H,8H2,1-5H3. The number of hydrogen-bond donors (Lipinski definition) is 0. The summed E-state index contributed by atoms with van der Waals surface area (Å²) in [5, 5.41) is 0. The number of rotatable bonds is 2. The van der Waals surface area contributed by atoms with Crippen LogP contribution in [0.4, 0.5) is 0 Å². The van der Waals surface area contributed by atoms with Gasteiger partial charge in [-0.25, -0.2) is 9.97 Å². The van der Waals surface area contributed by atoms with E-state index in [0.29, 0.717) is 11.9 Å². The van der Waals surface area contributed by atoms with Gasteiger partial charge in [-0.05, 0) is 31.4 Å². The molecule has 0 amide bonds. The van der Waals surface area contributed by atoms with Gasteiger partial charge < -0.3 is 4.57 Å². The van der Waals surface area contributed by atoms with E-state index in [0.717, 1.165) is 22.7 Å². The van der Waals surface area contributed by atoms with E-state index in [2.05, 4.69) is 42.2 Å². The lowest BCUT2D eigenvalue weighted by molar-refractivity contribution is 0.263. The fourth-order valence-corrected chi connectivity index (χ4v) is 2.19. The molecular formula is C14H20ClN3. The molecule has 1 unspecified atom stereocenters. The lowest BCUT2D eigenvalue weighted by Gasteiger charge is -2.29. The van der Waals surface area contributed by atoms with Crippen LogP contribution in [0.5, 0.6) is 0 Å². The van der Waals surface area contributed by atoms with Crippen LogP contribution in [0.2, 0.25) is 0 Å². The number of aryl methyl sites for hydroxylation is 1. The molecule has 0 radical (unpaired) electrons. The van der Waals surface area contributed by atoms with Crippen LogP contribution in [0.3, 0.4) is 0 Å². The third-order valence-corrected chi connectivity index (χ3v) is 3.75. The van der Waals surface area contributed by atoms with Gasteiger partial charge in [-0.1, -0.05) is 20.8 Å². The van der Waals surface area contributed by atoms with Crippen LogP contribution in [0.15, 0.2) is 12.1 Å². The van der Waals surface area contributed by atoms with Gasteiger partial charge in [0.05, 0.1) is 5.88 Å². The molecule has 0 saturated carbocycles. The van der Waals surface area contributed by atoms with Crippen molar-refractivity contribution in [2.24, 2.45) is 5.41 Å². The molecule has 0 aromatic carbocycles. The van der Waals surface area contributed by atoms with Crippen molar-refractivity contribution >= 4 is 22.8 Å². The number of aromatic nitrogens is 3. The van der Waals surface area contributed by atoms with Crippen LogP contribution in [-0.4, -0.2) is 14.5 Å². The van der Waals surface area contributed by atoms with Crippen LogP contribution in [0.1, 0.15) is 45.3 Å². The fraction of sp³-hybridized carbons (Fsp3) is 0.571. The topological polar surface area (TPSA) is 30.7 Å². The second kappa shape index (κ2) is 4.54. The van der Waals surface area contributed by atoms with Crippen molar-refractivity contribution in [1.82, 2.24) is 14.5 Å². The Morgan fingerprint density at radius 2 is 1.94 bits per heavy atom. The summed E-state index contributed by atoms with van der Waals surface area (Å²) in [6.07, 6.45) is 0. The summed E-state index contributed by atoms with van der Waals surface area (Å²) in [7, 11) is 0. The molecule has 0 aliphatic rings. The third kappa shape index (κ3) is 2.24. The van der Waals surface area contributed by atoms with E-state index in [-0.39, 0.29) is 5.41 Å². The molecule has 4 heteroatoms. The minimum Gasteiger partial charge on any atom is -0.308 e. The van der Waals surface area contributed by atoms with Gasteiger partial charge in [0, 0.05) is 11.7 Å². The molecule has 2 aromatic heterocycles. The summed E-state index contributed by atoms with van der Waals surface area (Å²) < 4.78 is 2.18. The van der Waals surface area contributed by atoms with Crippen molar-refractivity contribution in [2.45, 2.75) is 46.5 Å². The Morgan fingerprint density at radius 3 is 2.50 bits per heavy atom. The van der Waals surface area contributed by atoms with Gasteiger partial charge >= 0.3 is 0 Å². The van der Waals surface area contributed by atoms with E-state index in [9.17, 15) is 0 Å². The maximum atomic E-state index is 6.03. The summed E-state index contributed by atoms with van der Waals surface area (Å²) in [5.41, 5.74) is 3.01. The molecule has 98 valence electrons. The zero-order chi connectivity index (χ0) is 13.5. The summed E-state index contributed by atoms with van der Waals surface area (Å²) in [6, 6.07) is 4.30. The zero-order valence-corrected chi connectivity index (χ0v) is 12.4. The van der Waals surface area contributed by atoms with Gasteiger partial charge in [-0.3, -0.25) is 0 Å². The molecule has 2 aromatic rings. The van der Waals surface area contributed by atoms with Crippen LogP contribution in [-0.2, 0) is 5.88 Å². The number of hydrogen-bond acceptors (Lipinski definition) is 2. The zero-order valence-electron chi connectivity index (χ0n) is 11.7. The molecule has 3 nitrogen and oxygen atoms in total. The highest BCUT2D eigenvalue weighted by atomic mass is 35.5. The molecule has 0 N–H and O–H groups in total. The minimum atomic E-state index is 0.139. The fourth-order valence-electron chi connectivity index (χ4n) is 2.00. The van der Waals surface area contributed by atoms with Gasteiger partial charge in [0.2, 0.25) is 0 Å². The molecule has 2 rings (SSSR count). The molecular weight excluding hydrogens is 246 g/mol. The second-order valence-corrected chi connectivity index (χ2v) is 6.14. The lowest BCUT2D eigenvalue weighted by atomic mass is 9.88. The number of imidazole rings is 1. The smallest absolute Gasteiger partial charge is 0.160 e. The lowest BCUT2D eigenvalue weighted by Crippen LogP contribution is -2.23. The number of halogens is 1. The highest BCUT2D eigenvalue weighted by Gasteiger charge is 2.26. The number of nitrogens with zero attached hydrogens (tertiary/aromatic N) is 3. The van der Waals surface area contributed by atoms with Crippen LogP contribution < -0.4 is 0 Å². The predicted octanol–water partition coefficient (Wildman–Crippen LogP) is 4.09. The Labute approximate surface area is 113 Å². The van der Waals surface area contributed by atoms with E-state index in [4.69, 9.17) is 11.6 Å². The third-order valence-electron chi connectivity index (χ3n) is 3.51. The van der Waals surface area contributed by atoms with Crippen LogP contribution in [0.25, 0.3) is 11.2 Å². The molecule has 0 aliphatic carbocycles. The summed E-state index contributed by atoms with van der Waals surface area (Å²) in [6.45, 7) is 10.9. The van der Waals surface area contributed by atoms with Gasteiger partial charge in [0.25, 0.3) is 0 Å². The molecule has 1 atom stereocenters. The second-order valence-electron chi connectivity index (χ2n) is 5.87.